The van der Waals surface area contributed by atoms with Gasteiger partial charge in [0.05, 0.1) is 15.5 Å². The van der Waals surface area contributed by atoms with Gasteiger partial charge in [-0.05, 0) is 35.9 Å². The zero-order chi connectivity index (χ0) is 20.4. The van der Waals surface area contributed by atoms with Crippen molar-refractivity contribution in [2.75, 3.05) is 19.9 Å². The molecule has 0 aliphatic carbocycles. The molecule has 0 radical (unpaired) electrons. The molecule has 9 heteroatoms. The molecule has 0 atom stereocenters. The lowest BCUT2D eigenvalue weighted by molar-refractivity contribution is -0.122. The first-order chi connectivity index (χ1) is 14.0. The monoisotopic (exact) mass is 446 g/mol. The summed E-state index contributed by atoms with van der Waals surface area (Å²) in [7, 11) is 0. The van der Waals surface area contributed by atoms with E-state index >= 15 is 0 Å². The topological polar surface area (TPSA) is 67.9 Å². The van der Waals surface area contributed by atoms with Crippen molar-refractivity contribution in [3.63, 3.8) is 0 Å². The van der Waals surface area contributed by atoms with E-state index in [-0.39, 0.29) is 31.7 Å². The number of nitrogens with one attached hydrogen (secondary N) is 1. The van der Waals surface area contributed by atoms with Crippen LogP contribution in [0.25, 0.3) is 6.08 Å². The number of rotatable bonds is 5. The van der Waals surface area contributed by atoms with E-state index in [1.54, 1.807) is 36.4 Å². The molecule has 0 saturated carbocycles. The molecule has 4 rings (SSSR count). The van der Waals surface area contributed by atoms with Crippen molar-refractivity contribution < 1.29 is 19.1 Å². The Morgan fingerprint density at radius 3 is 2.86 bits per heavy atom. The standard InChI is InChI=1S/C20H15ClN2O4S2/c21-14-4-2-1-3-13(14)18(24)22-7-8-23-19(25)17(29-20(23)28)10-12-5-6-15-16(9-12)27-11-26-15/h1-6,9-10H,7-8,11H2,(H,22,24). The summed E-state index contributed by atoms with van der Waals surface area (Å²) in [6.07, 6.45) is 1.77. The maximum Gasteiger partial charge on any atom is 0.266 e. The van der Waals surface area contributed by atoms with Crippen LogP contribution >= 0.6 is 35.6 Å². The number of carbonyl (C=O) groups is 2. The smallest absolute Gasteiger partial charge is 0.266 e. The molecule has 2 aromatic rings. The maximum atomic E-state index is 12.7. The predicted octanol–water partition coefficient (Wildman–Crippen LogP) is 3.70. The van der Waals surface area contributed by atoms with Gasteiger partial charge < -0.3 is 14.8 Å². The minimum absolute atomic E-state index is 0.190. The van der Waals surface area contributed by atoms with Gasteiger partial charge in [0.25, 0.3) is 11.8 Å². The Morgan fingerprint density at radius 2 is 2.03 bits per heavy atom. The number of nitrogens with zero attached hydrogens (tertiary/aromatic N) is 1. The second-order valence-electron chi connectivity index (χ2n) is 6.18. The fraction of sp³-hybridized carbons (Fsp3) is 0.150. The van der Waals surface area contributed by atoms with Gasteiger partial charge in [-0.3, -0.25) is 14.5 Å². The first-order valence-electron chi connectivity index (χ1n) is 8.70. The molecule has 0 bridgehead atoms. The quantitative estimate of drug-likeness (QED) is 0.558. The highest BCUT2D eigenvalue weighted by atomic mass is 35.5. The molecule has 2 aliphatic heterocycles. The number of amides is 2. The van der Waals surface area contributed by atoms with Crippen molar-refractivity contribution in [1.82, 2.24) is 10.2 Å². The Bertz CT molecular complexity index is 1040. The van der Waals surface area contributed by atoms with E-state index in [9.17, 15) is 9.59 Å². The van der Waals surface area contributed by atoms with Crippen LogP contribution in [0.15, 0.2) is 47.4 Å². The van der Waals surface area contributed by atoms with Crippen molar-refractivity contribution in [1.29, 1.82) is 0 Å². The average molecular weight is 447 g/mol. The van der Waals surface area contributed by atoms with Crippen molar-refractivity contribution >= 4 is 57.8 Å². The van der Waals surface area contributed by atoms with Gasteiger partial charge in [-0.25, -0.2) is 0 Å². The number of hydrogen-bond donors (Lipinski definition) is 1. The van der Waals surface area contributed by atoms with Crippen LogP contribution in [0.5, 0.6) is 11.5 Å². The van der Waals surface area contributed by atoms with Gasteiger partial charge in [0.1, 0.15) is 4.32 Å². The van der Waals surface area contributed by atoms with Crippen LogP contribution < -0.4 is 14.8 Å². The van der Waals surface area contributed by atoms with Crippen molar-refractivity contribution in [2.24, 2.45) is 0 Å². The van der Waals surface area contributed by atoms with Crippen LogP contribution in [0.2, 0.25) is 5.02 Å². The second kappa shape index (κ2) is 8.44. The highest BCUT2D eigenvalue weighted by molar-refractivity contribution is 8.26. The maximum absolute atomic E-state index is 12.7. The summed E-state index contributed by atoms with van der Waals surface area (Å²) in [4.78, 5) is 26.9. The number of fused-ring (bicyclic) bond motifs is 1. The van der Waals surface area contributed by atoms with Crippen LogP contribution in [0.3, 0.4) is 0 Å². The molecule has 2 aliphatic rings. The molecular formula is C20H15ClN2O4S2. The molecule has 148 valence electrons. The van der Waals surface area contributed by atoms with E-state index in [0.717, 1.165) is 5.56 Å². The van der Waals surface area contributed by atoms with Crippen LogP contribution in [0.1, 0.15) is 15.9 Å². The Kier molecular flexibility index (Phi) is 5.75. The third kappa shape index (κ3) is 4.24. The summed E-state index contributed by atoms with van der Waals surface area (Å²) in [5.74, 6) is 0.849. The minimum Gasteiger partial charge on any atom is -0.454 e. The number of carbonyl (C=O) groups excluding carboxylic acids is 2. The lowest BCUT2D eigenvalue weighted by Gasteiger charge is -2.15. The number of hydrogen-bond acceptors (Lipinski definition) is 6. The molecule has 2 amide bonds. The van der Waals surface area contributed by atoms with Gasteiger partial charge in [-0.15, -0.1) is 0 Å². The zero-order valence-electron chi connectivity index (χ0n) is 15.0. The molecule has 1 N–H and O–H groups in total. The van der Waals surface area contributed by atoms with E-state index in [1.807, 2.05) is 12.1 Å². The molecule has 0 spiro atoms. The lowest BCUT2D eigenvalue weighted by Crippen LogP contribution is -2.37. The average Bonchev–Trinajstić information content (AvgIpc) is 3.27. The molecule has 1 fully saturated rings. The highest BCUT2D eigenvalue weighted by Gasteiger charge is 2.31. The molecule has 2 heterocycles. The first-order valence-corrected chi connectivity index (χ1v) is 10.3. The third-order valence-corrected chi connectivity index (χ3v) is 6.01. The SMILES string of the molecule is O=C(NCCN1C(=O)C(=Cc2ccc3c(c2)OCO3)SC1=S)c1ccccc1Cl. The number of ether oxygens (including phenoxy) is 2. The summed E-state index contributed by atoms with van der Waals surface area (Å²) >= 11 is 12.6. The molecule has 2 aromatic carbocycles. The number of benzene rings is 2. The summed E-state index contributed by atoms with van der Waals surface area (Å²) in [6.45, 7) is 0.730. The minimum atomic E-state index is -0.294. The fourth-order valence-electron chi connectivity index (χ4n) is 2.87. The number of thiocarbonyl (C=S) groups is 1. The van der Waals surface area contributed by atoms with Crippen LogP contribution in [0.4, 0.5) is 0 Å². The summed E-state index contributed by atoms with van der Waals surface area (Å²) in [6, 6.07) is 12.3. The summed E-state index contributed by atoms with van der Waals surface area (Å²) in [5.41, 5.74) is 1.21. The Balaban J connectivity index is 1.38. The van der Waals surface area contributed by atoms with E-state index in [0.29, 0.717) is 31.3 Å². The predicted molar refractivity (Wildman–Crippen MR) is 116 cm³/mol. The highest BCUT2D eigenvalue weighted by Crippen LogP contribution is 2.36. The Hall–Kier alpha value is -2.55. The number of thioether (sulfide) groups is 1. The van der Waals surface area contributed by atoms with E-state index in [1.165, 1.54) is 16.7 Å². The van der Waals surface area contributed by atoms with E-state index < -0.39 is 0 Å². The van der Waals surface area contributed by atoms with Crippen LogP contribution in [-0.4, -0.2) is 40.9 Å². The molecule has 6 nitrogen and oxygen atoms in total. The van der Waals surface area contributed by atoms with E-state index in [2.05, 4.69) is 5.32 Å². The number of halogens is 1. The third-order valence-electron chi connectivity index (χ3n) is 4.31. The molecule has 0 unspecified atom stereocenters. The Morgan fingerprint density at radius 1 is 1.24 bits per heavy atom. The summed E-state index contributed by atoms with van der Waals surface area (Å²) in [5, 5.41) is 3.14. The van der Waals surface area contributed by atoms with Crippen molar-refractivity contribution in [3.8, 4) is 11.5 Å². The molecule has 29 heavy (non-hydrogen) atoms. The van der Waals surface area contributed by atoms with Gasteiger partial charge in [0, 0.05) is 13.1 Å². The molecule has 1 saturated heterocycles. The normalized spacial score (nSPS) is 16.6. The zero-order valence-corrected chi connectivity index (χ0v) is 17.4. The largest absolute Gasteiger partial charge is 0.454 e. The van der Waals surface area contributed by atoms with Crippen LogP contribution in [0, 0.1) is 0 Å². The van der Waals surface area contributed by atoms with Gasteiger partial charge in [-0.2, -0.15) is 0 Å². The Labute approximate surface area is 181 Å². The van der Waals surface area contributed by atoms with Gasteiger partial charge >= 0.3 is 0 Å². The van der Waals surface area contributed by atoms with Crippen molar-refractivity contribution in [2.45, 2.75) is 0 Å². The molecule has 0 aromatic heterocycles. The molecular weight excluding hydrogens is 432 g/mol. The van der Waals surface area contributed by atoms with E-state index in [4.69, 9.17) is 33.3 Å². The summed E-state index contributed by atoms with van der Waals surface area (Å²) < 4.78 is 11.1. The lowest BCUT2D eigenvalue weighted by atomic mass is 10.2. The van der Waals surface area contributed by atoms with Crippen molar-refractivity contribution in [3.05, 3.63) is 63.5 Å². The van der Waals surface area contributed by atoms with Gasteiger partial charge in [-0.1, -0.05) is 53.8 Å². The first kappa shape index (κ1) is 19.8. The van der Waals surface area contributed by atoms with Gasteiger partial charge in [0.2, 0.25) is 6.79 Å². The fourth-order valence-corrected chi connectivity index (χ4v) is 4.40. The van der Waals surface area contributed by atoms with Crippen LogP contribution in [-0.2, 0) is 4.79 Å². The van der Waals surface area contributed by atoms with Gasteiger partial charge in [0.15, 0.2) is 11.5 Å². The second-order valence-corrected chi connectivity index (χ2v) is 8.26.